The van der Waals surface area contributed by atoms with Crippen LogP contribution in [0.1, 0.15) is 42.7 Å². The molecule has 1 fully saturated rings. The van der Waals surface area contributed by atoms with Gasteiger partial charge in [-0.3, -0.25) is 14.6 Å². The number of aryl methyl sites for hydroxylation is 1. The summed E-state index contributed by atoms with van der Waals surface area (Å²) in [5.41, 5.74) is 0.808. The predicted molar refractivity (Wildman–Crippen MR) is 119 cm³/mol. The molecule has 1 aliphatic rings. The molecule has 1 amide bonds. The van der Waals surface area contributed by atoms with E-state index in [0.29, 0.717) is 25.6 Å². The van der Waals surface area contributed by atoms with Crippen molar-refractivity contribution in [3.8, 4) is 0 Å². The summed E-state index contributed by atoms with van der Waals surface area (Å²) < 4.78 is 25.0. The van der Waals surface area contributed by atoms with Crippen molar-refractivity contribution in [2.24, 2.45) is 0 Å². The van der Waals surface area contributed by atoms with Crippen molar-refractivity contribution < 1.29 is 23.4 Å². The summed E-state index contributed by atoms with van der Waals surface area (Å²) >= 11 is 0. The van der Waals surface area contributed by atoms with Crippen molar-refractivity contribution in [2.75, 3.05) is 44.6 Å². The Balaban J connectivity index is 1.44. The number of ether oxygens (including phenoxy) is 1. The molecule has 1 atom stereocenters. The molecule has 1 aromatic carbocycles. The summed E-state index contributed by atoms with van der Waals surface area (Å²) in [5.74, 6) is -0.576. The summed E-state index contributed by atoms with van der Waals surface area (Å²) in [6, 6.07) is 4.52. The summed E-state index contributed by atoms with van der Waals surface area (Å²) in [6.07, 6.45) is 0.770. The van der Waals surface area contributed by atoms with E-state index in [9.17, 15) is 14.3 Å². The second kappa shape index (κ2) is 10.5. The molecule has 1 saturated heterocycles. The monoisotopic (exact) mass is 448 g/mol. The number of benzene rings is 1. The lowest BCUT2D eigenvalue weighted by molar-refractivity contribution is -0.0588. The molecule has 3 rings (SSSR count). The summed E-state index contributed by atoms with van der Waals surface area (Å²) in [6.45, 7) is 12.3. The van der Waals surface area contributed by atoms with Crippen LogP contribution >= 0.6 is 0 Å². The van der Waals surface area contributed by atoms with E-state index in [1.165, 1.54) is 12.3 Å². The zero-order valence-electron chi connectivity index (χ0n) is 19.2. The number of amides is 1. The number of oxazole rings is 1. The van der Waals surface area contributed by atoms with Gasteiger partial charge in [0.1, 0.15) is 12.1 Å². The number of β-amino-alcohol motifs (C(OH)–C–C–N with tert-alkyl or cyclic N) is 1. The molecule has 1 aromatic heterocycles. The quantitative estimate of drug-likeness (QED) is 0.642. The number of carbonyl (C=O) groups excluding carboxylic acids is 1. The van der Waals surface area contributed by atoms with E-state index in [1.54, 1.807) is 12.1 Å². The van der Waals surface area contributed by atoms with Gasteiger partial charge in [-0.1, -0.05) is 6.07 Å². The highest BCUT2D eigenvalue weighted by atomic mass is 19.1. The summed E-state index contributed by atoms with van der Waals surface area (Å²) in [4.78, 5) is 21.0. The van der Waals surface area contributed by atoms with Gasteiger partial charge in [-0.05, 0) is 45.4 Å². The normalized spacial score (nSPS) is 16.8. The lowest BCUT2D eigenvalue weighted by Gasteiger charge is -2.35. The van der Waals surface area contributed by atoms with Crippen LogP contribution in [0.2, 0.25) is 0 Å². The number of hydrogen-bond donors (Lipinski definition) is 2. The number of carbonyl (C=O) groups is 1. The van der Waals surface area contributed by atoms with Crippen LogP contribution in [0.5, 0.6) is 0 Å². The number of aliphatic hydroxyl groups is 1. The molecule has 1 aliphatic heterocycles. The third kappa shape index (κ3) is 7.37. The number of anilines is 1. The van der Waals surface area contributed by atoms with E-state index in [0.717, 1.165) is 31.7 Å². The smallest absolute Gasteiger partial charge is 0.277 e. The van der Waals surface area contributed by atoms with E-state index >= 15 is 0 Å². The standard InChI is InChI=1S/C23H33FN4O4/c1-16-5-6-18(24)19(11-16)26-22(30)20-15-31-21(25-20)13-28-9-7-27(8-10-28)12-17(29)14-32-23(2,3)4/h5-6,11,15,17,29H,7-10,12-14H2,1-4H3,(H,26,30)/t17-/m0/s1. The second-order valence-electron chi connectivity index (χ2n) is 9.22. The number of aliphatic hydroxyl groups excluding tert-OH is 1. The first kappa shape index (κ1) is 24.3. The van der Waals surface area contributed by atoms with Crippen LogP contribution in [0.4, 0.5) is 10.1 Å². The van der Waals surface area contributed by atoms with Crippen molar-refractivity contribution in [1.82, 2.24) is 14.8 Å². The maximum Gasteiger partial charge on any atom is 0.277 e. The molecule has 0 saturated carbocycles. The maximum absolute atomic E-state index is 13.9. The Morgan fingerprint density at radius 2 is 1.97 bits per heavy atom. The maximum atomic E-state index is 13.9. The summed E-state index contributed by atoms with van der Waals surface area (Å²) in [7, 11) is 0. The van der Waals surface area contributed by atoms with Crippen LogP contribution < -0.4 is 5.32 Å². The van der Waals surface area contributed by atoms with Crippen LogP contribution in [0.3, 0.4) is 0 Å². The van der Waals surface area contributed by atoms with Gasteiger partial charge >= 0.3 is 0 Å². The Hall–Kier alpha value is -2.33. The third-order valence-electron chi connectivity index (χ3n) is 5.16. The molecular formula is C23H33FN4O4. The molecule has 0 unspecified atom stereocenters. The van der Waals surface area contributed by atoms with Crippen molar-refractivity contribution in [2.45, 2.75) is 45.9 Å². The fraction of sp³-hybridized carbons (Fsp3) is 0.565. The van der Waals surface area contributed by atoms with Gasteiger partial charge in [-0.15, -0.1) is 0 Å². The molecule has 9 heteroatoms. The molecule has 8 nitrogen and oxygen atoms in total. The molecule has 0 spiro atoms. The van der Waals surface area contributed by atoms with Gasteiger partial charge in [0.2, 0.25) is 5.89 Å². The number of rotatable bonds is 8. The number of hydrogen-bond acceptors (Lipinski definition) is 7. The van der Waals surface area contributed by atoms with Crippen LogP contribution in [0.25, 0.3) is 0 Å². The van der Waals surface area contributed by atoms with Gasteiger partial charge in [0.15, 0.2) is 5.69 Å². The molecule has 2 N–H and O–H groups in total. The minimum atomic E-state index is -0.521. The van der Waals surface area contributed by atoms with Gasteiger partial charge in [-0.25, -0.2) is 9.37 Å². The first-order valence-corrected chi connectivity index (χ1v) is 10.9. The van der Waals surface area contributed by atoms with E-state index in [2.05, 4.69) is 20.1 Å². The lowest BCUT2D eigenvalue weighted by Crippen LogP contribution is -2.49. The number of nitrogens with zero attached hydrogens (tertiary/aromatic N) is 3. The predicted octanol–water partition coefficient (Wildman–Crippen LogP) is 2.67. The number of nitrogens with one attached hydrogen (secondary N) is 1. The molecule has 0 radical (unpaired) electrons. The zero-order chi connectivity index (χ0) is 23.3. The van der Waals surface area contributed by atoms with Gasteiger partial charge in [0.25, 0.3) is 5.91 Å². The Morgan fingerprint density at radius 1 is 1.28 bits per heavy atom. The van der Waals surface area contributed by atoms with E-state index in [4.69, 9.17) is 9.15 Å². The minimum absolute atomic E-state index is 0.113. The largest absolute Gasteiger partial charge is 0.447 e. The highest BCUT2D eigenvalue weighted by Gasteiger charge is 2.22. The number of aromatic nitrogens is 1. The van der Waals surface area contributed by atoms with Crippen LogP contribution in [0.15, 0.2) is 28.9 Å². The first-order valence-electron chi connectivity index (χ1n) is 10.9. The van der Waals surface area contributed by atoms with E-state index < -0.39 is 17.8 Å². The van der Waals surface area contributed by atoms with E-state index in [-0.39, 0.29) is 17.0 Å². The average molecular weight is 449 g/mol. The fourth-order valence-electron chi connectivity index (χ4n) is 3.43. The molecule has 2 heterocycles. The number of piperazine rings is 1. The second-order valence-corrected chi connectivity index (χ2v) is 9.22. The van der Waals surface area contributed by atoms with Gasteiger partial charge in [0.05, 0.1) is 30.5 Å². The molecule has 0 bridgehead atoms. The Bertz CT molecular complexity index is 904. The topological polar surface area (TPSA) is 91.1 Å². The van der Waals surface area contributed by atoms with Crippen LogP contribution in [-0.4, -0.2) is 76.8 Å². The van der Waals surface area contributed by atoms with Crippen molar-refractivity contribution in [3.63, 3.8) is 0 Å². The van der Waals surface area contributed by atoms with Crippen molar-refractivity contribution >= 4 is 11.6 Å². The van der Waals surface area contributed by atoms with Crippen molar-refractivity contribution in [3.05, 3.63) is 47.4 Å². The lowest BCUT2D eigenvalue weighted by atomic mass is 10.2. The van der Waals surface area contributed by atoms with Gasteiger partial charge in [0, 0.05) is 32.7 Å². The average Bonchev–Trinajstić information content (AvgIpc) is 3.19. The molecule has 176 valence electrons. The fourth-order valence-corrected chi connectivity index (χ4v) is 3.43. The highest BCUT2D eigenvalue weighted by molar-refractivity contribution is 6.02. The SMILES string of the molecule is Cc1ccc(F)c(NC(=O)c2coc(CN3CCN(C[C@H](O)COC(C)(C)C)CC3)n2)c1. The Kier molecular flexibility index (Phi) is 8.00. The first-order chi connectivity index (χ1) is 15.1. The van der Waals surface area contributed by atoms with Gasteiger partial charge in [-0.2, -0.15) is 0 Å². The van der Waals surface area contributed by atoms with E-state index in [1.807, 2.05) is 27.7 Å². The van der Waals surface area contributed by atoms with Crippen LogP contribution in [0, 0.1) is 12.7 Å². The Morgan fingerprint density at radius 3 is 2.66 bits per heavy atom. The number of halogens is 1. The highest BCUT2D eigenvalue weighted by Crippen LogP contribution is 2.17. The van der Waals surface area contributed by atoms with Crippen LogP contribution in [-0.2, 0) is 11.3 Å². The van der Waals surface area contributed by atoms with Gasteiger partial charge < -0.3 is 19.6 Å². The minimum Gasteiger partial charge on any atom is -0.447 e. The van der Waals surface area contributed by atoms with Crippen molar-refractivity contribution in [1.29, 1.82) is 0 Å². The third-order valence-corrected chi connectivity index (χ3v) is 5.16. The molecule has 2 aromatic rings. The zero-order valence-corrected chi connectivity index (χ0v) is 19.2. The molecular weight excluding hydrogens is 415 g/mol. The summed E-state index contributed by atoms with van der Waals surface area (Å²) in [5, 5.41) is 12.7. The molecule has 0 aliphatic carbocycles. The molecule has 32 heavy (non-hydrogen) atoms. The Labute approximate surface area is 188 Å².